The lowest BCUT2D eigenvalue weighted by Crippen LogP contribution is -2.37. The number of amides is 1. The summed E-state index contributed by atoms with van der Waals surface area (Å²) in [6.07, 6.45) is 3.64. The van der Waals surface area contributed by atoms with Crippen molar-refractivity contribution < 1.29 is 28.9 Å². The Morgan fingerprint density at radius 2 is 1.74 bits per heavy atom. The van der Waals surface area contributed by atoms with Crippen LogP contribution < -0.4 is 14.2 Å². The Morgan fingerprint density at radius 3 is 2.38 bits per heavy atom. The van der Waals surface area contributed by atoms with Crippen LogP contribution in [0.2, 0.25) is 0 Å². The molecule has 1 atom stereocenters. The summed E-state index contributed by atoms with van der Waals surface area (Å²) in [7, 11) is 3.01. The highest BCUT2D eigenvalue weighted by atomic mass is 16.5. The van der Waals surface area contributed by atoms with E-state index in [1.807, 2.05) is 38.1 Å². The maximum Gasteiger partial charge on any atom is 0.295 e. The maximum absolute atomic E-state index is 13.4. The molecule has 2 aromatic carbocycles. The fourth-order valence-corrected chi connectivity index (χ4v) is 4.91. The van der Waals surface area contributed by atoms with Crippen molar-refractivity contribution in [3.05, 3.63) is 59.2 Å². The summed E-state index contributed by atoms with van der Waals surface area (Å²) in [6, 6.07) is 11.6. The number of nitrogens with zero attached hydrogens (tertiary/aromatic N) is 1. The van der Waals surface area contributed by atoms with E-state index in [0.29, 0.717) is 22.8 Å². The van der Waals surface area contributed by atoms with E-state index in [2.05, 4.69) is 0 Å². The van der Waals surface area contributed by atoms with E-state index in [1.54, 1.807) is 23.1 Å². The van der Waals surface area contributed by atoms with Gasteiger partial charge in [0.05, 0.1) is 37.5 Å². The van der Waals surface area contributed by atoms with Crippen LogP contribution in [0.3, 0.4) is 0 Å². The van der Waals surface area contributed by atoms with Crippen molar-refractivity contribution in [3.63, 3.8) is 0 Å². The van der Waals surface area contributed by atoms with Gasteiger partial charge in [-0.15, -0.1) is 0 Å². The number of hydrogen-bond acceptors (Lipinski definition) is 6. The van der Waals surface area contributed by atoms with Gasteiger partial charge in [0.1, 0.15) is 23.0 Å². The Kier molecular flexibility index (Phi) is 6.82. The second kappa shape index (κ2) is 9.79. The standard InChI is InChI=1S/C27H31NO6/c1-16(2)34-20-11-7-8-17(14-20)24-23(26(30)27(31)28(24)18-9-5-6-10-18)25(29)21-13-12-19(32-3)15-22(21)33-4/h7-8,11-16,18,24,29H,5-6,9-10H2,1-4H3/b25-23-. The van der Waals surface area contributed by atoms with Crippen LogP contribution in [0.5, 0.6) is 17.2 Å². The minimum atomic E-state index is -0.717. The second-order valence-corrected chi connectivity index (χ2v) is 8.95. The number of aliphatic hydroxyl groups excluding tert-OH is 1. The first kappa shape index (κ1) is 23.7. The molecule has 1 amide bonds. The minimum absolute atomic E-state index is 0.0278. The van der Waals surface area contributed by atoms with Crippen molar-refractivity contribution in [1.29, 1.82) is 0 Å². The zero-order valence-corrected chi connectivity index (χ0v) is 20.0. The summed E-state index contributed by atoms with van der Waals surface area (Å²) < 4.78 is 16.6. The molecular weight excluding hydrogens is 434 g/mol. The monoisotopic (exact) mass is 465 g/mol. The van der Waals surface area contributed by atoms with Gasteiger partial charge >= 0.3 is 0 Å². The summed E-state index contributed by atoms with van der Waals surface area (Å²) >= 11 is 0. The van der Waals surface area contributed by atoms with Crippen LogP contribution in [0.15, 0.2) is 48.0 Å². The molecule has 1 saturated heterocycles. The Labute approximate surface area is 199 Å². The molecule has 7 nitrogen and oxygen atoms in total. The molecule has 1 unspecified atom stereocenters. The largest absolute Gasteiger partial charge is 0.507 e. The summed E-state index contributed by atoms with van der Waals surface area (Å²) in [4.78, 5) is 28.3. The van der Waals surface area contributed by atoms with Gasteiger partial charge in [0, 0.05) is 12.1 Å². The molecular formula is C27H31NO6. The van der Waals surface area contributed by atoms with Gasteiger partial charge in [0.15, 0.2) is 0 Å². The first-order valence-corrected chi connectivity index (χ1v) is 11.6. The molecule has 1 saturated carbocycles. The van der Waals surface area contributed by atoms with Crippen molar-refractivity contribution in [2.45, 2.75) is 57.7 Å². The van der Waals surface area contributed by atoms with Crippen molar-refractivity contribution in [2.75, 3.05) is 14.2 Å². The van der Waals surface area contributed by atoms with Gasteiger partial charge in [0.25, 0.3) is 11.7 Å². The molecule has 0 radical (unpaired) electrons. The van der Waals surface area contributed by atoms with Crippen LogP contribution in [0, 0.1) is 0 Å². The third-order valence-corrected chi connectivity index (χ3v) is 6.41. The van der Waals surface area contributed by atoms with Gasteiger partial charge < -0.3 is 24.2 Å². The number of carbonyl (C=O) groups excluding carboxylic acids is 2. The summed E-state index contributed by atoms with van der Waals surface area (Å²) in [5.74, 6) is 0.00285. The molecule has 0 bridgehead atoms. The number of carbonyl (C=O) groups is 2. The third kappa shape index (κ3) is 4.34. The van der Waals surface area contributed by atoms with Crippen LogP contribution in [-0.2, 0) is 9.59 Å². The molecule has 1 aliphatic heterocycles. The number of Topliss-reactive ketones (excluding diaryl/α,β-unsaturated/α-hetero) is 1. The third-order valence-electron chi connectivity index (χ3n) is 6.41. The van der Waals surface area contributed by atoms with E-state index in [1.165, 1.54) is 14.2 Å². The lowest BCUT2D eigenvalue weighted by Gasteiger charge is -2.31. The van der Waals surface area contributed by atoms with E-state index in [-0.39, 0.29) is 23.5 Å². The smallest absolute Gasteiger partial charge is 0.295 e. The van der Waals surface area contributed by atoms with Gasteiger partial charge in [-0.25, -0.2) is 0 Å². The Hall–Kier alpha value is -3.48. The predicted molar refractivity (Wildman–Crippen MR) is 128 cm³/mol. The van der Waals surface area contributed by atoms with Gasteiger partial charge in [-0.2, -0.15) is 0 Å². The van der Waals surface area contributed by atoms with E-state index in [9.17, 15) is 14.7 Å². The Bertz CT molecular complexity index is 1120. The number of aliphatic hydroxyl groups is 1. The lowest BCUT2D eigenvalue weighted by molar-refractivity contribution is -0.141. The van der Waals surface area contributed by atoms with Gasteiger partial charge in [-0.1, -0.05) is 25.0 Å². The highest BCUT2D eigenvalue weighted by Crippen LogP contribution is 2.45. The highest BCUT2D eigenvalue weighted by molar-refractivity contribution is 6.46. The van der Waals surface area contributed by atoms with Gasteiger partial charge in [-0.3, -0.25) is 9.59 Å². The van der Waals surface area contributed by atoms with Crippen molar-refractivity contribution >= 4 is 17.4 Å². The second-order valence-electron chi connectivity index (χ2n) is 8.95. The molecule has 1 heterocycles. The fraction of sp³-hybridized carbons (Fsp3) is 0.407. The quantitative estimate of drug-likeness (QED) is 0.357. The van der Waals surface area contributed by atoms with Crippen molar-refractivity contribution in [1.82, 2.24) is 4.90 Å². The van der Waals surface area contributed by atoms with Crippen LogP contribution in [-0.4, -0.2) is 48.1 Å². The summed E-state index contributed by atoms with van der Waals surface area (Å²) in [5.41, 5.74) is 1.10. The van der Waals surface area contributed by atoms with E-state index >= 15 is 0 Å². The van der Waals surface area contributed by atoms with Gasteiger partial charge in [0.2, 0.25) is 0 Å². The summed E-state index contributed by atoms with van der Waals surface area (Å²) in [6.45, 7) is 3.88. The van der Waals surface area contributed by atoms with Crippen molar-refractivity contribution in [3.8, 4) is 17.2 Å². The molecule has 2 aromatic rings. The molecule has 180 valence electrons. The molecule has 2 fully saturated rings. The number of ether oxygens (including phenoxy) is 3. The zero-order valence-electron chi connectivity index (χ0n) is 20.0. The van der Waals surface area contributed by atoms with Crippen LogP contribution in [0.4, 0.5) is 0 Å². The van der Waals surface area contributed by atoms with Crippen LogP contribution in [0.25, 0.3) is 5.76 Å². The zero-order chi connectivity index (χ0) is 24.4. The normalized spacial score (nSPS) is 20.3. The average molecular weight is 466 g/mol. The summed E-state index contributed by atoms with van der Waals surface area (Å²) in [5, 5.41) is 11.4. The number of rotatable bonds is 7. The highest BCUT2D eigenvalue weighted by Gasteiger charge is 2.49. The topological polar surface area (TPSA) is 85.3 Å². The molecule has 7 heteroatoms. The molecule has 1 aliphatic carbocycles. The Balaban J connectivity index is 1.89. The average Bonchev–Trinajstić information content (AvgIpc) is 3.44. The number of hydrogen-bond donors (Lipinski definition) is 1. The molecule has 1 N–H and O–H groups in total. The Morgan fingerprint density at radius 1 is 1.00 bits per heavy atom. The number of methoxy groups -OCH3 is 2. The molecule has 34 heavy (non-hydrogen) atoms. The number of likely N-dealkylation sites (tertiary alicyclic amines) is 1. The predicted octanol–water partition coefficient (Wildman–Crippen LogP) is 4.86. The molecule has 0 aromatic heterocycles. The maximum atomic E-state index is 13.4. The van der Waals surface area contributed by atoms with Crippen molar-refractivity contribution in [2.24, 2.45) is 0 Å². The lowest BCUT2D eigenvalue weighted by atomic mass is 9.94. The van der Waals surface area contributed by atoms with E-state index in [4.69, 9.17) is 14.2 Å². The van der Waals surface area contributed by atoms with Crippen LogP contribution >= 0.6 is 0 Å². The first-order chi connectivity index (χ1) is 16.3. The van der Waals surface area contributed by atoms with Gasteiger partial charge in [-0.05, 0) is 56.5 Å². The fourth-order valence-electron chi connectivity index (χ4n) is 4.91. The number of ketones is 1. The van der Waals surface area contributed by atoms with E-state index < -0.39 is 17.7 Å². The molecule has 0 spiro atoms. The minimum Gasteiger partial charge on any atom is -0.507 e. The van der Waals surface area contributed by atoms with E-state index in [0.717, 1.165) is 31.2 Å². The SMILES string of the molecule is COc1ccc(/C(O)=C2/C(=O)C(=O)N(C3CCCC3)C2c2cccc(OC(C)C)c2)c(OC)c1. The molecule has 4 rings (SSSR count). The number of benzene rings is 2. The van der Waals surface area contributed by atoms with Crippen LogP contribution in [0.1, 0.15) is 56.7 Å². The first-order valence-electron chi connectivity index (χ1n) is 11.6. The molecule has 2 aliphatic rings.